The number of aryl methyl sites for hydroxylation is 4. The van der Waals surface area contributed by atoms with Gasteiger partial charge in [-0.05, 0) is 50.0 Å². The second kappa shape index (κ2) is 5.38. The lowest BCUT2D eigenvalue weighted by Gasteiger charge is -2.23. The Hall–Kier alpha value is -2.81. The molecule has 2 heterocycles. The molecule has 0 radical (unpaired) electrons. The number of aromatic nitrogens is 1. The molecule has 3 heteroatoms. The molecule has 0 saturated heterocycles. The second-order valence-electron chi connectivity index (χ2n) is 6.10. The lowest BCUT2D eigenvalue weighted by molar-refractivity contribution is -0.660. The quantitative estimate of drug-likeness (QED) is 0.460. The highest BCUT2D eigenvalue weighted by Crippen LogP contribution is 2.50. The van der Waals surface area contributed by atoms with Crippen molar-refractivity contribution in [3.63, 3.8) is 0 Å². The van der Waals surface area contributed by atoms with E-state index in [0.717, 1.165) is 22.4 Å². The highest BCUT2D eigenvalue weighted by molar-refractivity contribution is 5.75. The van der Waals surface area contributed by atoms with Crippen molar-refractivity contribution in [2.45, 2.75) is 20.7 Å². The molecule has 0 amide bonds. The number of benzene rings is 2. The second-order valence-corrected chi connectivity index (χ2v) is 6.10. The zero-order chi connectivity index (χ0) is 19.3. The molecule has 1 aromatic heterocycles. The maximum atomic E-state index is 7.74. The zero-order valence-corrected chi connectivity index (χ0v) is 13.9. The standard InChI is InChI=1S/C21H20NO2/c1-13-9-10-19-21(24-18-8-6-5-7-17(18)23-19)20(13)16-11-14(2)15(3)12-22(16)4/h5-12H,1-4H3/q+1/i3D3. The molecule has 0 aliphatic carbocycles. The highest BCUT2D eigenvalue weighted by Gasteiger charge is 2.27. The maximum absolute atomic E-state index is 7.74. The molecule has 120 valence electrons. The summed E-state index contributed by atoms with van der Waals surface area (Å²) in [4.78, 5) is 0. The number of para-hydroxylation sites is 2. The molecular weight excluding hydrogens is 298 g/mol. The first-order valence-electron chi connectivity index (χ1n) is 9.35. The van der Waals surface area contributed by atoms with Crippen LogP contribution in [0.3, 0.4) is 0 Å². The maximum Gasteiger partial charge on any atom is 0.216 e. The van der Waals surface area contributed by atoms with E-state index in [4.69, 9.17) is 13.6 Å². The Labute approximate surface area is 146 Å². The van der Waals surface area contributed by atoms with Gasteiger partial charge in [0.05, 0.1) is 5.56 Å². The number of ether oxygens (including phenoxy) is 2. The third-order valence-electron chi connectivity index (χ3n) is 4.35. The van der Waals surface area contributed by atoms with Gasteiger partial charge in [0.15, 0.2) is 29.2 Å². The first-order valence-corrected chi connectivity index (χ1v) is 7.85. The molecule has 0 spiro atoms. The fourth-order valence-electron chi connectivity index (χ4n) is 3.01. The Kier molecular flexibility index (Phi) is 2.62. The van der Waals surface area contributed by atoms with Crippen molar-refractivity contribution in [1.82, 2.24) is 0 Å². The van der Waals surface area contributed by atoms with Crippen LogP contribution < -0.4 is 14.0 Å². The average molecular weight is 321 g/mol. The molecule has 24 heavy (non-hydrogen) atoms. The van der Waals surface area contributed by atoms with Crippen molar-refractivity contribution in [3.8, 4) is 34.3 Å². The summed E-state index contributed by atoms with van der Waals surface area (Å²) in [5.74, 6) is 2.63. The van der Waals surface area contributed by atoms with Gasteiger partial charge in [0.25, 0.3) is 0 Å². The van der Waals surface area contributed by atoms with Crippen LogP contribution in [0.15, 0.2) is 48.7 Å². The predicted molar refractivity (Wildman–Crippen MR) is 93.9 cm³/mol. The van der Waals surface area contributed by atoms with Gasteiger partial charge in [0, 0.05) is 15.7 Å². The van der Waals surface area contributed by atoms with Gasteiger partial charge >= 0.3 is 0 Å². The van der Waals surface area contributed by atoms with Gasteiger partial charge in [0.2, 0.25) is 5.69 Å². The van der Waals surface area contributed by atoms with Crippen LogP contribution in [0.4, 0.5) is 0 Å². The smallest absolute Gasteiger partial charge is 0.216 e. The van der Waals surface area contributed by atoms with E-state index in [1.165, 1.54) is 0 Å². The van der Waals surface area contributed by atoms with E-state index in [-0.39, 0.29) is 0 Å². The van der Waals surface area contributed by atoms with Crippen LogP contribution in [0.5, 0.6) is 23.0 Å². The Bertz CT molecular complexity index is 1060. The van der Waals surface area contributed by atoms with Crippen LogP contribution >= 0.6 is 0 Å². The Morgan fingerprint density at radius 2 is 1.62 bits per heavy atom. The molecule has 0 unspecified atom stereocenters. The van der Waals surface area contributed by atoms with E-state index in [2.05, 4.69) is 0 Å². The van der Waals surface area contributed by atoms with E-state index in [1.807, 2.05) is 67.9 Å². The van der Waals surface area contributed by atoms with Crippen molar-refractivity contribution in [1.29, 1.82) is 0 Å². The largest absolute Gasteiger partial charge is 0.449 e. The Morgan fingerprint density at radius 3 is 2.38 bits per heavy atom. The van der Waals surface area contributed by atoms with Crippen molar-refractivity contribution >= 4 is 0 Å². The van der Waals surface area contributed by atoms with Gasteiger partial charge in [-0.3, -0.25) is 0 Å². The summed E-state index contributed by atoms with van der Waals surface area (Å²) in [5, 5.41) is 0. The number of rotatable bonds is 1. The van der Waals surface area contributed by atoms with E-state index in [1.54, 1.807) is 6.20 Å². The summed E-state index contributed by atoms with van der Waals surface area (Å²) in [6, 6.07) is 13.3. The van der Waals surface area contributed by atoms with Crippen LogP contribution in [-0.4, -0.2) is 0 Å². The first-order chi connectivity index (χ1) is 12.8. The van der Waals surface area contributed by atoms with Gasteiger partial charge in [0.1, 0.15) is 7.05 Å². The Balaban J connectivity index is 1.91. The fourth-order valence-corrected chi connectivity index (χ4v) is 3.01. The molecule has 1 aliphatic heterocycles. The SMILES string of the molecule is [2H]C([2H])([2H])c1c[n+](C)c(-c2c(C)ccc3c2Oc2ccccc2O3)cc1C. The summed E-state index contributed by atoms with van der Waals surface area (Å²) in [7, 11) is 1.85. The molecule has 0 saturated carbocycles. The summed E-state index contributed by atoms with van der Waals surface area (Å²) < 4.78 is 37.2. The summed E-state index contributed by atoms with van der Waals surface area (Å²) in [5.41, 5.74) is 3.85. The molecule has 0 bridgehead atoms. The fraction of sp³-hybridized carbons (Fsp3) is 0.190. The number of nitrogens with zero attached hydrogens (tertiary/aromatic N) is 1. The summed E-state index contributed by atoms with van der Waals surface area (Å²) in [6.45, 7) is 1.68. The van der Waals surface area contributed by atoms with Crippen LogP contribution in [-0.2, 0) is 7.05 Å². The van der Waals surface area contributed by atoms with Gasteiger partial charge in [-0.15, -0.1) is 0 Å². The van der Waals surface area contributed by atoms with Gasteiger partial charge in [-0.1, -0.05) is 18.2 Å². The zero-order valence-electron chi connectivity index (χ0n) is 16.9. The van der Waals surface area contributed by atoms with Gasteiger partial charge < -0.3 is 9.47 Å². The van der Waals surface area contributed by atoms with Crippen molar-refractivity contribution in [3.05, 3.63) is 65.4 Å². The van der Waals surface area contributed by atoms with Crippen LogP contribution in [0.25, 0.3) is 11.3 Å². The molecule has 1 aliphatic rings. The molecule has 4 rings (SSSR count). The molecule has 2 aromatic carbocycles. The predicted octanol–water partition coefficient (Wildman–Crippen LogP) is 5.00. The normalized spacial score (nSPS) is 14.4. The van der Waals surface area contributed by atoms with Gasteiger partial charge in [-0.25, -0.2) is 4.57 Å². The monoisotopic (exact) mass is 321 g/mol. The molecule has 3 nitrogen and oxygen atoms in total. The van der Waals surface area contributed by atoms with Crippen molar-refractivity contribution < 1.29 is 18.2 Å². The minimum Gasteiger partial charge on any atom is -0.449 e. The van der Waals surface area contributed by atoms with Crippen LogP contribution in [0.1, 0.15) is 20.8 Å². The topological polar surface area (TPSA) is 22.3 Å². The third kappa shape index (κ3) is 2.24. The lowest BCUT2D eigenvalue weighted by atomic mass is 10.00. The number of hydrogen-bond donors (Lipinski definition) is 0. The van der Waals surface area contributed by atoms with E-state index < -0.39 is 6.85 Å². The minimum atomic E-state index is -2.15. The van der Waals surface area contributed by atoms with E-state index >= 15 is 0 Å². The Morgan fingerprint density at radius 1 is 0.875 bits per heavy atom. The molecule has 0 fully saturated rings. The van der Waals surface area contributed by atoms with Crippen LogP contribution in [0.2, 0.25) is 0 Å². The number of fused-ring (bicyclic) bond motifs is 2. The van der Waals surface area contributed by atoms with E-state index in [9.17, 15) is 0 Å². The van der Waals surface area contributed by atoms with Crippen molar-refractivity contribution in [2.24, 2.45) is 7.05 Å². The number of pyridine rings is 1. The van der Waals surface area contributed by atoms with E-state index in [0.29, 0.717) is 28.6 Å². The first kappa shape index (κ1) is 11.7. The average Bonchev–Trinajstić information content (AvgIpc) is 2.61. The minimum absolute atomic E-state index is 0.346. The third-order valence-corrected chi connectivity index (χ3v) is 4.35. The molecule has 3 aromatic rings. The van der Waals surface area contributed by atoms with Crippen molar-refractivity contribution in [2.75, 3.05) is 0 Å². The van der Waals surface area contributed by atoms with Gasteiger partial charge in [-0.2, -0.15) is 0 Å². The molecule has 0 N–H and O–H groups in total. The summed E-state index contributed by atoms with van der Waals surface area (Å²) in [6.07, 6.45) is 1.67. The molecule has 0 atom stereocenters. The summed E-state index contributed by atoms with van der Waals surface area (Å²) >= 11 is 0. The highest BCUT2D eigenvalue weighted by atomic mass is 16.6. The van der Waals surface area contributed by atoms with Crippen LogP contribution in [0, 0.1) is 20.7 Å². The number of hydrogen-bond acceptors (Lipinski definition) is 2. The lowest BCUT2D eigenvalue weighted by Crippen LogP contribution is -2.31. The molecular formula is C21H20NO2+.